The number of fused-ring (bicyclic) bond motifs is 6. The summed E-state index contributed by atoms with van der Waals surface area (Å²) in [6.07, 6.45) is 3.20. The number of aromatic nitrogens is 1. The Morgan fingerprint density at radius 2 is 1.53 bits per heavy atom. The molecular weight excluding hydrogens is 442 g/mol. The van der Waals surface area contributed by atoms with E-state index in [0.717, 1.165) is 55.4 Å². The smallest absolute Gasteiger partial charge is 0.328 e. The molecule has 0 saturated heterocycles. The second kappa shape index (κ2) is 9.14. The summed E-state index contributed by atoms with van der Waals surface area (Å²) >= 11 is 0. The SMILES string of the molecule is COc1ccc2c(c[n+](C)c3c4cc5c(cc4ccc23)OCO5)c1OC.O=C(O)/C=C/C(=O)O. The molecule has 5 rings (SSSR count). The largest absolute Gasteiger partial charge is 0.493 e. The number of benzene rings is 3. The molecule has 0 aliphatic carbocycles. The van der Waals surface area contributed by atoms with Crippen LogP contribution in [0.15, 0.2) is 54.7 Å². The third-order valence-corrected chi connectivity index (χ3v) is 5.40. The van der Waals surface area contributed by atoms with Crippen LogP contribution in [0.3, 0.4) is 0 Å². The van der Waals surface area contributed by atoms with Gasteiger partial charge in [0.2, 0.25) is 12.3 Å². The molecule has 1 aromatic heterocycles. The summed E-state index contributed by atoms with van der Waals surface area (Å²) in [7, 11) is 5.37. The molecule has 34 heavy (non-hydrogen) atoms. The highest BCUT2D eigenvalue weighted by Crippen LogP contribution is 2.41. The Labute approximate surface area is 194 Å². The van der Waals surface area contributed by atoms with Crippen LogP contribution in [0.2, 0.25) is 0 Å². The minimum absolute atomic E-state index is 0.273. The predicted octanol–water partition coefficient (Wildman–Crippen LogP) is 3.43. The Bertz CT molecular complexity index is 1460. The predicted molar refractivity (Wildman–Crippen MR) is 124 cm³/mol. The summed E-state index contributed by atoms with van der Waals surface area (Å²) in [5.41, 5.74) is 1.14. The first-order valence-corrected chi connectivity index (χ1v) is 10.2. The number of pyridine rings is 1. The Kier molecular flexibility index (Phi) is 6.09. The van der Waals surface area contributed by atoms with Crippen molar-refractivity contribution in [2.45, 2.75) is 0 Å². The number of carboxylic acids is 2. The van der Waals surface area contributed by atoms with Crippen molar-refractivity contribution in [1.29, 1.82) is 0 Å². The number of ether oxygens (including phenoxy) is 4. The summed E-state index contributed by atoms with van der Waals surface area (Å²) in [6.45, 7) is 0.273. The highest BCUT2D eigenvalue weighted by molar-refractivity contribution is 6.15. The highest BCUT2D eigenvalue weighted by Gasteiger charge is 2.22. The zero-order valence-corrected chi connectivity index (χ0v) is 18.7. The van der Waals surface area contributed by atoms with Gasteiger partial charge in [0.15, 0.2) is 29.2 Å². The van der Waals surface area contributed by atoms with Gasteiger partial charge in [0.1, 0.15) is 7.05 Å². The zero-order chi connectivity index (χ0) is 24.4. The molecule has 2 heterocycles. The van der Waals surface area contributed by atoms with E-state index < -0.39 is 11.9 Å². The standard InChI is InChI=1S/C21H18NO4.C4H4O4/c1-22-10-16-13(6-7-17(23-2)21(16)24-3)14-5-4-12-8-18-19(26-11-25-18)9-15(12)20(14)22;5-3(6)1-2-4(7)8/h4-10H,11H2,1-3H3;1-2H,(H,5,6)(H,7,8)/q+1;/b;2-1+. The van der Waals surface area contributed by atoms with Gasteiger partial charge in [-0.2, -0.15) is 4.57 Å². The lowest BCUT2D eigenvalue weighted by molar-refractivity contribution is -0.642. The molecule has 174 valence electrons. The van der Waals surface area contributed by atoms with Gasteiger partial charge in [-0.15, -0.1) is 0 Å². The van der Waals surface area contributed by atoms with E-state index in [1.807, 2.05) is 19.2 Å². The van der Waals surface area contributed by atoms with Crippen LogP contribution in [-0.2, 0) is 16.6 Å². The van der Waals surface area contributed by atoms with Crippen LogP contribution < -0.4 is 23.5 Å². The molecule has 0 fully saturated rings. The van der Waals surface area contributed by atoms with Gasteiger partial charge in [-0.3, -0.25) is 0 Å². The Balaban J connectivity index is 0.000000297. The number of rotatable bonds is 4. The van der Waals surface area contributed by atoms with Crippen molar-refractivity contribution in [1.82, 2.24) is 0 Å². The highest BCUT2D eigenvalue weighted by atomic mass is 16.7. The summed E-state index contributed by atoms with van der Waals surface area (Å²) in [5.74, 6) is 0.542. The maximum absolute atomic E-state index is 9.55. The van der Waals surface area contributed by atoms with Gasteiger partial charge in [-0.05, 0) is 35.7 Å². The monoisotopic (exact) mass is 464 g/mol. The van der Waals surface area contributed by atoms with E-state index in [4.69, 9.17) is 29.2 Å². The molecule has 9 heteroatoms. The molecule has 4 aromatic rings. The lowest BCUT2D eigenvalue weighted by Crippen LogP contribution is -2.28. The van der Waals surface area contributed by atoms with E-state index in [9.17, 15) is 9.59 Å². The number of aliphatic carboxylic acids is 2. The minimum atomic E-state index is -1.26. The van der Waals surface area contributed by atoms with Crippen molar-refractivity contribution in [2.24, 2.45) is 7.05 Å². The molecule has 0 radical (unpaired) electrons. The number of aryl methyl sites for hydroxylation is 1. The second-order valence-electron chi connectivity index (χ2n) is 7.40. The van der Waals surface area contributed by atoms with Crippen molar-refractivity contribution in [2.75, 3.05) is 21.0 Å². The molecule has 1 aliphatic rings. The molecule has 0 saturated carbocycles. The van der Waals surface area contributed by atoms with Gasteiger partial charge in [0.05, 0.1) is 30.4 Å². The van der Waals surface area contributed by atoms with Gasteiger partial charge < -0.3 is 29.2 Å². The van der Waals surface area contributed by atoms with E-state index in [1.165, 1.54) is 0 Å². The molecule has 3 aromatic carbocycles. The van der Waals surface area contributed by atoms with Gasteiger partial charge in [0.25, 0.3) is 0 Å². The molecule has 0 amide bonds. The number of carbonyl (C=O) groups is 2. The van der Waals surface area contributed by atoms with E-state index in [-0.39, 0.29) is 6.79 Å². The molecule has 0 spiro atoms. The topological polar surface area (TPSA) is 115 Å². The summed E-state index contributed by atoms with van der Waals surface area (Å²) in [4.78, 5) is 19.1. The average molecular weight is 464 g/mol. The van der Waals surface area contributed by atoms with Gasteiger partial charge in [-0.1, -0.05) is 6.07 Å². The van der Waals surface area contributed by atoms with Crippen molar-refractivity contribution in [3.63, 3.8) is 0 Å². The molecule has 2 N–H and O–H groups in total. The van der Waals surface area contributed by atoms with E-state index in [2.05, 4.69) is 35.0 Å². The summed E-state index contributed by atoms with van der Waals surface area (Å²) in [5, 5.41) is 21.2. The third-order valence-electron chi connectivity index (χ3n) is 5.40. The Hall–Kier alpha value is -4.53. The second-order valence-corrected chi connectivity index (χ2v) is 7.40. The molecule has 1 aliphatic heterocycles. The quantitative estimate of drug-likeness (QED) is 0.268. The number of nitrogens with zero attached hydrogens (tertiary/aromatic N) is 1. The summed E-state index contributed by atoms with van der Waals surface area (Å²) in [6, 6.07) is 12.4. The number of methoxy groups -OCH3 is 2. The van der Waals surface area contributed by atoms with Crippen LogP contribution in [0.5, 0.6) is 23.0 Å². The summed E-state index contributed by atoms with van der Waals surface area (Å²) < 4.78 is 24.3. The van der Waals surface area contributed by atoms with Gasteiger partial charge in [0, 0.05) is 17.5 Å². The van der Waals surface area contributed by atoms with Crippen LogP contribution in [-0.4, -0.2) is 43.2 Å². The number of hydrogen-bond donors (Lipinski definition) is 2. The van der Waals surface area contributed by atoms with Crippen LogP contribution in [0.1, 0.15) is 0 Å². The Morgan fingerprint density at radius 1 is 0.882 bits per heavy atom. The maximum atomic E-state index is 9.55. The first-order valence-electron chi connectivity index (χ1n) is 10.2. The lowest BCUT2D eigenvalue weighted by atomic mass is 10.00. The van der Waals surface area contributed by atoms with Crippen LogP contribution in [0, 0.1) is 0 Å². The van der Waals surface area contributed by atoms with Crippen LogP contribution in [0.25, 0.3) is 32.4 Å². The fourth-order valence-corrected chi connectivity index (χ4v) is 4.01. The molecular formula is C25H22NO8+. The Morgan fingerprint density at radius 3 is 2.15 bits per heavy atom. The van der Waals surface area contributed by atoms with Crippen molar-refractivity contribution in [3.05, 3.63) is 54.7 Å². The first-order chi connectivity index (χ1) is 16.3. The first kappa shape index (κ1) is 22.7. The fraction of sp³-hybridized carbons (Fsp3) is 0.160. The van der Waals surface area contributed by atoms with Gasteiger partial charge >= 0.3 is 11.9 Å². The zero-order valence-electron chi connectivity index (χ0n) is 18.7. The molecule has 0 bridgehead atoms. The molecule has 0 unspecified atom stereocenters. The van der Waals surface area contributed by atoms with Crippen molar-refractivity contribution >= 4 is 44.4 Å². The van der Waals surface area contributed by atoms with E-state index in [1.54, 1.807) is 14.2 Å². The maximum Gasteiger partial charge on any atom is 0.328 e. The molecule has 9 nitrogen and oxygen atoms in total. The third kappa shape index (κ3) is 4.11. The van der Waals surface area contributed by atoms with E-state index >= 15 is 0 Å². The fourth-order valence-electron chi connectivity index (χ4n) is 4.01. The van der Waals surface area contributed by atoms with Crippen LogP contribution >= 0.6 is 0 Å². The minimum Gasteiger partial charge on any atom is -0.493 e. The molecule has 0 atom stereocenters. The number of carboxylic acid groups (broad SMARTS) is 2. The van der Waals surface area contributed by atoms with Crippen LogP contribution in [0.4, 0.5) is 0 Å². The number of hydrogen-bond acceptors (Lipinski definition) is 6. The van der Waals surface area contributed by atoms with Crippen molar-refractivity contribution < 1.29 is 43.3 Å². The lowest BCUT2D eigenvalue weighted by Gasteiger charge is -2.12. The normalized spacial score (nSPS) is 12.1. The van der Waals surface area contributed by atoms with E-state index in [0.29, 0.717) is 12.2 Å². The van der Waals surface area contributed by atoms with Crippen molar-refractivity contribution in [3.8, 4) is 23.0 Å². The average Bonchev–Trinajstić information content (AvgIpc) is 3.28. The van der Waals surface area contributed by atoms with Gasteiger partial charge in [-0.25, -0.2) is 9.59 Å².